The molecule has 0 aromatic rings. The fourth-order valence-electron chi connectivity index (χ4n) is 4.23. The average molecular weight is 499 g/mol. The van der Waals surface area contributed by atoms with Crippen molar-refractivity contribution in [2.45, 2.75) is 123 Å². The van der Waals surface area contributed by atoms with Crippen LogP contribution in [-0.2, 0) is 38.1 Å². The lowest BCUT2D eigenvalue weighted by atomic mass is 9.99. The lowest BCUT2D eigenvalue weighted by molar-refractivity contribution is -0.171. The minimum absolute atomic E-state index is 0.162. The lowest BCUT2D eigenvalue weighted by Gasteiger charge is -2.27. The molecule has 0 aromatic heterocycles. The van der Waals surface area contributed by atoms with E-state index in [1.54, 1.807) is 13.8 Å². The largest absolute Gasteiger partial charge is 0.457 e. The standard InChI is InChI=1S/C14H24O4.C13H22O4/c1-4-11(3)13(16)17-10-12(15)18-14(5-2)8-6-7-9-14;1-4-10(2)12(15)16-9-11(14)17-13(3)7-5-6-8-13/h11H,4-10H2,1-3H3;10H,4-9H2,1-3H3. The summed E-state index contributed by atoms with van der Waals surface area (Å²) in [5, 5.41) is 0. The normalized spacial score (nSPS) is 19.5. The minimum Gasteiger partial charge on any atom is -0.457 e. The topological polar surface area (TPSA) is 105 Å². The van der Waals surface area contributed by atoms with E-state index in [2.05, 4.69) is 0 Å². The van der Waals surface area contributed by atoms with E-state index in [-0.39, 0.29) is 48.2 Å². The van der Waals surface area contributed by atoms with Crippen molar-refractivity contribution in [3.05, 3.63) is 0 Å². The van der Waals surface area contributed by atoms with Crippen molar-refractivity contribution in [1.82, 2.24) is 0 Å². The molecule has 2 saturated carbocycles. The van der Waals surface area contributed by atoms with Crippen LogP contribution in [0, 0.1) is 11.8 Å². The van der Waals surface area contributed by atoms with Gasteiger partial charge in [-0.1, -0.05) is 34.6 Å². The lowest BCUT2D eigenvalue weighted by Crippen LogP contribution is -2.33. The predicted molar refractivity (Wildman–Crippen MR) is 131 cm³/mol. The molecule has 35 heavy (non-hydrogen) atoms. The molecule has 2 aliphatic carbocycles. The SMILES string of the molecule is CCC(C)C(=O)OCC(=O)OC1(C)CCCC1.CCC(C)C(=O)OCC(=O)OC1(CC)CCCC1. The van der Waals surface area contributed by atoms with E-state index >= 15 is 0 Å². The van der Waals surface area contributed by atoms with E-state index in [0.717, 1.165) is 57.8 Å². The molecule has 0 spiro atoms. The number of hydrogen-bond donors (Lipinski definition) is 0. The molecule has 0 aromatic carbocycles. The summed E-state index contributed by atoms with van der Waals surface area (Å²) in [5.74, 6) is -1.84. The van der Waals surface area contributed by atoms with Crippen molar-refractivity contribution in [2.75, 3.05) is 13.2 Å². The second-order valence-corrected chi connectivity index (χ2v) is 10.2. The molecule has 2 aliphatic rings. The summed E-state index contributed by atoms with van der Waals surface area (Å²) in [6, 6.07) is 0. The third-order valence-corrected chi connectivity index (χ3v) is 7.20. The van der Waals surface area contributed by atoms with Crippen LogP contribution in [0.3, 0.4) is 0 Å². The van der Waals surface area contributed by atoms with Gasteiger partial charge in [0.1, 0.15) is 11.2 Å². The van der Waals surface area contributed by atoms with Gasteiger partial charge in [0.05, 0.1) is 11.8 Å². The number of esters is 4. The molecule has 0 bridgehead atoms. The Balaban J connectivity index is 0.000000351. The molecule has 0 saturated heterocycles. The number of carbonyl (C=O) groups is 4. The molecule has 2 atom stereocenters. The summed E-state index contributed by atoms with van der Waals surface area (Å²) >= 11 is 0. The summed E-state index contributed by atoms with van der Waals surface area (Å²) in [6.07, 6.45) is 10.3. The van der Waals surface area contributed by atoms with Crippen LogP contribution in [-0.4, -0.2) is 48.3 Å². The van der Waals surface area contributed by atoms with Crippen LogP contribution in [0.5, 0.6) is 0 Å². The number of carbonyl (C=O) groups excluding carboxylic acids is 4. The van der Waals surface area contributed by atoms with Gasteiger partial charge in [-0.15, -0.1) is 0 Å². The van der Waals surface area contributed by atoms with Gasteiger partial charge in [0.25, 0.3) is 0 Å². The maximum absolute atomic E-state index is 11.7. The molecular weight excluding hydrogens is 452 g/mol. The first kappa shape index (κ1) is 30.9. The van der Waals surface area contributed by atoms with Crippen molar-refractivity contribution in [3.63, 3.8) is 0 Å². The van der Waals surface area contributed by atoms with Crippen LogP contribution in [0.1, 0.15) is 112 Å². The summed E-state index contributed by atoms with van der Waals surface area (Å²) in [6.45, 7) is 10.8. The minimum atomic E-state index is -0.439. The van der Waals surface area contributed by atoms with Crippen molar-refractivity contribution >= 4 is 23.9 Å². The molecule has 8 nitrogen and oxygen atoms in total. The monoisotopic (exact) mass is 498 g/mol. The van der Waals surface area contributed by atoms with E-state index < -0.39 is 11.9 Å². The highest BCUT2D eigenvalue weighted by Gasteiger charge is 2.36. The Labute approximate surface area is 210 Å². The zero-order valence-corrected chi connectivity index (χ0v) is 22.6. The van der Waals surface area contributed by atoms with Gasteiger partial charge in [-0.25, -0.2) is 9.59 Å². The van der Waals surface area contributed by atoms with Crippen LogP contribution >= 0.6 is 0 Å². The first-order valence-electron chi connectivity index (χ1n) is 13.3. The molecule has 0 amide bonds. The molecule has 0 radical (unpaired) electrons. The van der Waals surface area contributed by atoms with E-state index in [1.165, 1.54) is 0 Å². The highest BCUT2D eigenvalue weighted by molar-refractivity contribution is 5.78. The van der Waals surface area contributed by atoms with E-state index in [9.17, 15) is 19.2 Å². The molecule has 0 aliphatic heterocycles. The van der Waals surface area contributed by atoms with Gasteiger partial charge in [0.2, 0.25) is 0 Å². The highest BCUT2D eigenvalue weighted by atomic mass is 16.6. The van der Waals surface area contributed by atoms with Crippen LogP contribution in [0.4, 0.5) is 0 Å². The first-order chi connectivity index (χ1) is 16.5. The van der Waals surface area contributed by atoms with Crippen molar-refractivity contribution in [1.29, 1.82) is 0 Å². The van der Waals surface area contributed by atoms with Crippen molar-refractivity contribution in [2.24, 2.45) is 11.8 Å². The number of hydrogen-bond acceptors (Lipinski definition) is 8. The Kier molecular flexibility index (Phi) is 13.3. The zero-order valence-electron chi connectivity index (χ0n) is 22.6. The van der Waals surface area contributed by atoms with E-state index in [0.29, 0.717) is 12.8 Å². The van der Waals surface area contributed by atoms with Gasteiger partial charge < -0.3 is 18.9 Å². The smallest absolute Gasteiger partial charge is 0.344 e. The van der Waals surface area contributed by atoms with E-state index in [4.69, 9.17) is 18.9 Å². The second-order valence-electron chi connectivity index (χ2n) is 10.2. The Hall–Kier alpha value is -2.12. The van der Waals surface area contributed by atoms with Gasteiger partial charge >= 0.3 is 23.9 Å². The van der Waals surface area contributed by atoms with E-state index in [1.807, 2.05) is 27.7 Å². The maximum atomic E-state index is 11.7. The molecule has 202 valence electrons. The maximum Gasteiger partial charge on any atom is 0.344 e. The summed E-state index contributed by atoms with van der Waals surface area (Å²) < 4.78 is 20.7. The first-order valence-corrected chi connectivity index (χ1v) is 13.3. The van der Waals surface area contributed by atoms with Gasteiger partial charge in [-0.3, -0.25) is 9.59 Å². The molecule has 2 rings (SSSR count). The molecule has 2 unspecified atom stereocenters. The third kappa shape index (κ3) is 11.0. The van der Waals surface area contributed by atoms with Gasteiger partial charge in [-0.2, -0.15) is 0 Å². The van der Waals surface area contributed by atoms with Crippen molar-refractivity contribution < 1.29 is 38.1 Å². The Morgan fingerprint density at radius 1 is 0.686 bits per heavy atom. The summed E-state index contributed by atoms with van der Waals surface area (Å²) in [4.78, 5) is 46.0. The Morgan fingerprint density at radius 2 is 1.09 bits per heavy atom. The molecule has 0 heterocycles. The second kappa shape index (κ2) is 15.1. The fraction of sp³-hybridized carbons (Fsp3) is 0.852. The molecule has 0 N–H and O–H groups in total. The Bertz CT molecular complexity index is 689. The molecule has 2 fully saturated rings. The van der Waals surface area contributed by atoms with Gasteiger partial charge in [0.15, 0.2) is 13.2 Å². The summed E-state index contributed by atoms with van der Waals surface area (Å²) in [5.41, 5.74) is -0.653. The number of rotatable bonds is 11. The predicted octanol–water partition coefficient (Wildman–Crippen LogP) is 5.29. The Morgan fingerprint density at radius 3 is 1.49 bits per heavy atom. The number of ether oxygens (including phenoxy) is 4. The fourth-order valence-corrected chi connectivity index (χ4v) is 4.23. The van der Waals surface area contributed by atoms with Crippen molar-refractivity contribution in [3.8, 4) is 0 Å². The van der Waals surface area contributed by atoms with Crippen LogP contribution in [0.15, 0.2) is 0 Å². The highest BCUT2D eigenvalue weighted by Crippen LogP contribution is 2.36. The zero-order chi connectivity index (χ0) is 26.5. The van der Waals surface area contributed by atoms with Crippen LogP contribution < -0.4 is 0 Å². The average Bonchev–Trinajstić information content (AvgIpc) is 3.49. The quantitative estimate of drug-likeness (QED) is 0.279. The van der Waals surface area contributed by atoms with Gasteiger partial charge in [-0.05, 0) is 77.6 Å². The van der Waals surface area contributed by atoms with Gasteiger partial charge in [0, 0.05) is 0 Å². The third-order valence-electron chi connectivity index (χ3n) is 7.20. The molecule has 8 heteroatoms. The summed E-state index contributed by atoms with van der Waals surface area (Å²) in [7, 11) is 0. The molecular formula is C27H46O8. The van der Waals surface area contributed by atoms with Crippen LogP contribution in [0.2, 0.25) is 0 Å². The van der Waals surface area contributed by atoms with Crippen LogP contribution in [0.25, 0.3) is 0 Å².